The number of hydrogen-bond acceptors (Lipinski definition) is 5. The van der Waals surface area contributed by atoms with E-state index in [-0.39, 0.29) is 16.4 Å². The number of nitrogens with two attached hydrogens (primary N) is 2. The van der Waals surface area contributed by atoms with E-state index in [2.05, 4.69) is 11.4 Å². The van der Waals surface area contributed by atoms with Crippen molar-refractivity contribution in [1.29, 1.82) is 0 Å². The average molecular weight is 412 g/mol. The molecule has 5 N–H and O–H groups in total. The first-order valence-corrected chi connectivity index (χ1v) is 10.9. The summed E-state index contributed by atoms with van der Waals surface area (Å²) in [6.45, 7) is 0.440. The van der Waals surface area contributed by atoms with Crippen LogP contribution in [0.3, 0.4) is 0 Å². The predicted molar refractivity (Wildman–Crippen MR) is 116 cm³/mol. The molecule has 1 aliphatic rings. The molecule has 0 radical (unpaired) electrons. The number of anilines is 1. The number of para-hydroxylation sites is 1. The third-order valence-electron chi connectivity index (χ3n) is 5.01. The molecule has 0 saturated carbocycles. The first-order valence-electron chi connectivity index (χ1n) is 9.11. The Morgan fingerprint density at radius 2 is 1.93 bits per heavy atom. The second kappa shape index (κ2) is 7.85. The molecule has 2 unspecified atom stereocenters. The fourth-order valence-electron chi connectivity index (χ4n) is 3.54. The van der Waals surface area contributed by atoms with Crippen LogP contribution in [0, 0.1) is 0 Å². The zero-order valence-corrected chi connectivity index (χ0v) is 16.8. The molecule has 2 aromatic carbocycles. The molecule has 0 bridgehead atoms. The first kappa shape index (κ1) is 18.8. The molecule has 28 heavy (non-hydrogen) atoms. The van der Waals surface area contributed by atoms with Crippen molar-refractivity contribution in [3.8, 4) is 0 Å². The minimum atomic E-state index is -0.399. The molecule has 2 heterocycles. The van der Waals surface area contributed by atoms with Crippen LogP contribution in [-0.2, 0) is 11.3 Å². The molecule has 2 atom stereocenters. The first-order chi connectivity index (χ1) is 13.5. The van der Waals surface area contributed by atoms with Gasteiger partial charge >= 0.3 is 0 Å². The van der Waals surface area contributed by atoms with Crippen molar-refractivity contribution in [2.24, 2.45) is 5.73 Å². The van der Waals surface area contributed by atoms with Crippen LogP contribution < -0.4 is 16.8 Å². The highest BCUT2D eigenvalue weighted by Gasteiger charge is 2.32. The second-order valence-electron chi connectivity index (χ2n) is 6.84. The molecule has 7 heteroatoms. The highest BCUT2D eigenvalue weighted by atomic mass is 32.2. The van der Waals surface area contributed by atoms with Crippen LogP contribution in [0.1, 0.15) is 38.9 Å². The maximum absolute atomic E-state index is 12.6. The van der Waals surface area contributed by atoms with Gasteiger partial charge in [-0.25, -0.2) is 0 Å². The number of carbonyl (C=O) groups is 2. The van der Waals surface area contributed by atoms with E-state index in [9.17, 15) is 9.59 Å². The number of fused-ring (bicyclic) bond motifs is 1. The fraction of sp³-hybridized carbons (Fsp3) is 0.238. The number of nitrogen functional groups attached to an aromatic ring is 1. The van der Waals surface area contributed by atoms with E-state index < -0.39 is 5.91 Å². The van der Waals surface area contributed by atoms with E-state index in [1.807, 2.05) is 42.5 Å². The highest BCUT2D eigenvalue weighted by Crippen LogP contribution is 2.47. The van der Waals surface area contributed by atoms with E-state index in [1.54, 1.807) is 11.8 Å². The monoisotopic (exact) mass is 411 g/mol. The molecule has 1 saturated heterocycles. The van der Waals surface area contributed by atoms with E-state index >= 15 is 0 Å². The molecule has 0 spiro atoms. The summed E-state index contributed by atoms with van der Waals surface area (Å²) in [5.41, 5.74) is 14.2. The number of nitrogens with one attached hydrogen (secondary N) is 1. The maximum Gasteiger partial charge on any atom is 0.258 e. The summed E-state index contributed by atoms with van der Waals surface area (Å²) in [5.74, 6) is -0.352. The molecule has 5 nitrogen and oxygen atoms in total. The van der Waals surface area contributed by atoms with Crippen molar-refractivity contribution in [3.05, 3.63) is 64.5 Å². The van der Waals surface area contributed by atoms with Crippen LogP contribution in [0.2, 0.25) is 0 Å². The average Bonchev–Trinajstić information content (AvgIpc) is 3.34. The van der Waals surface area contributed by atoms with Gasteiger partial charge in [-0.1, -0.05) is 30.3 Å². The molecular formula is C21H21N3O2S2. The van der Waals surface area contributed by atoms with Crippen LogP contribution in [0.25, 0.3) is 10.1 Å². The summed E-state index contributed by atoms with van der Waals surface area (Å²) in [5, 5.41) is 4.23. The Labute approximate surface area is 171 Å². The molecule has 0 aliphatic carbocycles. The van der Waals surface area contributed by atoms with Crippen LogP contribution in [0.4, 0.5) is 5.69 Å². The van der Waals surface area contributed by atoms with Crippen LogP contribution in [0.5, 0.6) is 0 Å². The lowest BCUT2D eigenvalue weighted by atomic mass is 10.0. The third kappa shape index (κ3) is 3.72. The molecular weight excluding hydrogens is 390 g/mol. The van der Waals surface area contributed by atoms with Crippen molar-refractivity contribution < 1.29 is 9.59 Å². The molecule has 1 fully saturated rings. The SMILES string of the molecule is NC(=O)c1cc2c(C3CCC(C(=O)NCc4ccccc4N)S3)cccc2s1. The summed E-state index contributed by atoms with van der Waals surface area (Å²) in [6.07, 6.45) is 1.76. The van der Waals surface area contributed by atoms with Crippen molar-refractivity contribution >= 4 is 50.7 Å². The quantitative estimate of drug-likeness (QED) is 0.556. The van der Waals surface area contributed by atoms with Gasteiger partial charge in [0.05, 0.1) is 10.1 Å². The van der Waals surface area contributed by atoms with Crippen LogP contribution in [0.15, 0.2) is 48.5 Å². The number of thioether (sulfide) groups is 1. The smallest absolute Gasteiger partial charge is 0.258 e. The van der Waals surface area contributed by atoms with Gasteiger partial charge in [0.1, 0.15) is 0 Å². The Morgan fingerprint density at radius 3 is 2.71 bits per heavy atom. The number of thiophene rings is 1. The molecule has 1 aromatic heterocycles. The van der Waals surface area contributed by atoms with Crippen molar-refractivity contribution in [2.45, 2.75) is 29.9 Å². The van der Waals surface area contributed by atoms with Gasteiger partial charge < -0.3 is 16.8 Å². The standard InChI is InChI=1S/C21H21N3O2S2/c22-15-6-2-1-4-12(15)11-24-21(26)18-9-8-17(27-18)13-5-3-7-16-14(13)10-19(28-16)20(23)25/h1-7,10,17-18H,8-9,11,22H2,(H2,23,25)(H,24,26). The lowest BCUT2D eigenvalue weighted by Gasteiger charge is -2.14. The van der Waals surface area contributed by atoms with Gasteiger partial charge in [0.25, 0.3) is 5.91 Å². The lowest BCUT2D eigenvalue weighted by Crippen LogP contribution is -2.31. The van der Waals surface area contributed by atoms with Crippen molar-refractivity contribution in [1.82, 2.24) is 5.32 Å². The minimum Gasteiger partial charge on any atom is -0.398 e. The van der Waals surface area contributed by atoms with Crippen molar-refractivity contribution in [2.75, 3.05) is 5.73 Å². The normalized spacial score (nSPS) is 19.0. The van der Waals surface area contributed by atoms with Gasteiger partial charge in [0.15, 0.2) is 0 Å². The van der Waals surface area contributed by atoms with Crippen LogP contribution >= 0.6 is 23.1 Å². The third-order valence-corrected chi connectivity index (χ3v) is 7.72. The predicted octanol–water partition coefficient (Wildman–Crippen LogP) is 3.84. The van der Waals surface area contributed by atoms with Crippen molar-refractivity contribution in [3.63, 3.8) is 0 Å². The molecule has 3 aromatic rings. The van der Waals surface area contributed by atoms with Gasteiger partial charge in [0, 0.05) is 22.2 Å². The van der Waals surface area contributed by atoms with Gasteiger partial charge in [-0.15, -0.1) is 23.1 Å². The number of primary amides is 1. The molecule has 144 valence electrons. The lowest BCUT2D eigenvalue weighted by molar-refractivity contribution is -0.120. The number of rotatable bonds is 5. The van der Waals surface area contributed by atoms with Gasteiger partial charge in [-0.3, -0.25) is 9.59 Å². The van der Waals surface area contributed by atoms with E-state index in [4.69, 9.17) is 11.5 Å². The summed E-state index contributed by atoms with van der Waals surface area (Å²) in [7, 11) is 0. The second-order valence-corrected chi connectivity index (χ2v) is 9.34. The Balaban J connectivity index is 1.45. The number of benzene rings is 2. The molecule has 2 amide bonds. The van der Waals surface area contributed by atoms with E-state index in [0.29, 0.717) is 17.1 Å². The minimum absolute atomic E-state index is 0.0473. The van der Waals surface area contributed by atoms with Gasteiger partial charge in [-0.2, -0.15) is 0 Å². The van der Waals surface area contributed by atoms with Gasteiger partial charge in [0.2, 0.25) is 5.91 Å². The highest BCUT2D eigenvalue weighted by molar-refractivity contribution is 8.01. The zero-order valence-electron chi connectivity index (χ0n) is 15.2. The Morgan fingerprint density at radius 1 is 1.11 bits per heavy atom. The summed E-state index contributed by atoms with van der Waals surface area (Å²) < 4.78 is 1.05. The van der Waals surface area contributed by atoms with Gasteiger partial charge in [-0.05, 0) is 47.6 Å². The fourth-order valence-corrected chi connectivity index (χ4v) is 5.98. The summed E-state index contributed by atoms with van der Waals surface area (Å²) in [4.78, 5) is 24.7. The maximum atomic E-state index is 12.6. The largest absolute Gasteiger partial charge is 0.398 e. The molecule has 1 aliphatic heterocycles. The van der Waals surface area contributed by atoms with E-state index in [1.165, 1.54) is 16.9 Å². The molecule has 4 rings (SSSR count). The summed E-state index contributed by atoms with van der Waals surface area (Å²) >= 11 is 3.11. The number of hydrogen-bond donors (Lipinski definition) is 3. The summed E-state index contributed by atoms with van der Waals surface area (Å²) in [6, 6.07) is 15.5. The van der Waals surface area contributed by atoms with E-state index in [0.717, 1.165) is 28.5 Å². The number of carbonyl (C=O) groups excluding carboxylic acids is 2. The zero-order chi connectivity index (χ0) is 19.7. The number of amides is 2. The van der Waals surface area contributed by atoms with Crippen LogP contribution in [-0.4, -0.2) is 17.1 Å². The topological polar surface area (TPSA) is 98.2 Å². The Hall–Kier alpha value is -2.51. The Kier molecular flexibility index (Phi) is 5.28. The Bertz CT molecular complexity index is 1050.